The number of benzene rings is 10. The Hall–Kier alpha value is -13.6. The number of Topliss-reactive ketones (excluding diaryl/α,β-unsaturated/α-hetero) is 1. The summed E-state index contributed by atoms with van der Waals surface area (Å²) in [7, 11) is 0.593. The van der Waals surface area contributed by atoms with Gasteiger partial charge in [0.15, 0.2) is 23.1 Å². The van der Waals surface area contributed by atoms with E-state index in [1.165, 1.54) is 85.8 Å². The largest absolute Gasteiger partial charge is 0.508 e. The number of aromatic amines is 2. The first kappa shape index (κ1) is 106. The number of phenols is 2. The summed E-state index contributed by atoms with van der Waals surface area (Å²) in [4.78, 5) is 93.2. The van der Waals surface area contributed by atoms with Crippen LogP contribution in [0.2, 0.25) is 56.0 Å². The van der Waals surface area contributed by atoms with E-state index in [0.717, 1.165) is 96.1 Å². The fourth-order valence-corrected chi connectivity index (χ4v) is 17.4. The number of ether oxygens (including phenoxy) is 4. The number of nitrogen functional groups attached to an aromatic ring is 1. The lowest BCUT2D eigenvalue weighted by Crippen LogP contribution is -2.09. The predicted molar refractivity (Wildman–Crippen MR) is 558 cm³/mol. The number of anilines is 1. The molecule has 5 aliphatic carbocycles. The summed E-state index contributed by atoms with van der Waals surface area (Å²) in [6.07, 6.45) is 22.4. The molecule has 0 atom stereocenters. The smallest absolute Gasteiger partial charge is 0.454 e. The first-order chi connectivity index (χ1) is 69.6. The molecule has 5 saturated carbocycles. The van der Waals surface area contributed by atoms with E-state index >= 15 is 0 Å². The van der Waals surface area contributed by atoms with Gasteiger partial charge in [0.1, 0.15) is 34.5 Å². The topological polar surface area (TPSA) is 459 Å². The van der Waals surface area contributed by atoms with E-state index in [9.17, 15) is 48.9 Å². The van der Waals surface area contributed by atoms with Crippen molar-refractivity contribution in [3.05, 3.63) is 368 Å². The molecule has 44 heteroatoms. The zero-order chi connectivity index (χ0) is 103. The highest BCUT2D eigenvalue weighted by Gasteiger charge is 2.34. The molecule has 0 spiro atoms. The third-order valence-corrected chi connectivity index (χ3v) is 25.6. The van der Waals surface area contributed by atoms with Crippen LogP contribution in [0, 0.1) is 26.0 Å². The number of nitrogens with two attached hydrogens (primary N) is 1. The van der Waals surface area contributed by atoms with E-state index in [0.29, 0.717) is 89.5 Å². The maximum atomic E-state index is 12.7. The van der Waals surface area contributed by atoms with Crippen LogP contribution >= 0.6 is 128 Å². The van der Waals surface area contributed by atoms with Crippen LogP contribution in [0.3, 0.4) is 0 Å². The molecule has 31 nitrogen and oxygen atoms in total. The molecule has 10 aromatic carbocycles. The standard InChI is InChI=1S/C22H15Cl2N3O4.C18H12Cl2N2O3.C18H14Cl2N2O.C12H11NO.C10H8ClNO.C9H6ClNO.C6H2Cl2FNO2.C3H7BO2.C3HClN2O3/c23-16-7-11(9-19(28)21-26-22(29)31-27-21)8-17(24)20(16)30-13-3-4-18-15(10-13)14(5-6-25-18)12-1-2-12;19-15-7-11(22(23)24)8-16(20)18(15)25-12-3-4-17-14(9-12)13(5-6-21-17)10-1-2-10;19-15-7-11(21)8-16(20)18(15)23-12-3-4-17-14(9-12)13(5-6-22-17)10-1-2-10;14-9-3-4-12-11(7-9)10(5-6-13-12)8-1-2-8;1-13-7-2-3-10-8(6-7)9(11)4-5-12-10;10-8-3-4-11-9-2-1-6(12)5-7(8)9;7-4-1-3(10(11)12)2-5(8)6(4)9;5-4(6)3-1-2-3;4-1(7)2-5-3(8)9-6-2/h3-8,10,12H,1-2,9H2,(H,26,27,29);3-10H,1-2H2;3-10H,1-2,21H2;3-8,14H,1-2H2;2-6H,1H3;1-5,12H;1-2H;3,5-6H,1-2H2;(H,5,6,8). The number of non-ortho nitro benzene ring substituents is 2. The summed E-state index contributed by atoms with van der Waals surface area (Å²) in [6.45, 7) is 0. The summed E-state index contributed by atoms with van der Waals surface area (Å²) in [5.74, 6) is 3.47. The number of nitro benzene ring substituents is 2. The van der Waals surface area contributed by atoms with Crippen molar-refractivity contribution in [3.63, 3.8) is 0 Å². The minimum atomic E-state index is -1.04. The number of phenolic OH excluding ortho intramolecular Hbond substituents is 2. The van der Waals surface area contributed by atoms with Gasteiger partial charge in [-0.05, 0) is 290 Å². The first-order valence-corrected chi connectivity index (χ1v) is 48.2. The van der Waals surface area contributed by atoms with Gasteiger partial charge in [-0.15, -0.1) is 0 Å². The number of pyridine rings is 6. The normalized spacial score (nSPS) is 13.1. The Morgan fingerprint density at radius 3 is 1.03 bits per heavy atom. The third-order valence-electron chi connectivity index (χ3n) is 22.5. The van der Waals surface area contributed by atoms with Gasteiger partial charge in [0.25, 0.3) is 16.6 Å². The predicted octanol–water partition coefficient (Wildman–Crippen LogP) is 27.9. The monoisotopic (exact) mass is 2170 g/mol. The molecule has 8 N–H and O–H groups in total. The van der Waals surface area contributed by atoms with Crippen LogP contribution in [-0.4, -0.2) is 106 Å². The van der Waals surface area contributed by atoms with Crippen LogP contribution in [-0.2, 0) is 6.42 Å². The van der Waals surface area contributed by atoms with Gasteiger partial charge in [-0.2, -0.15) is 0 Å². The van der Waals surface area contributed by atoms with Crippen LogP contribution in [0.15, 0.2) is 250 Å². The van der Waals surface area contributed by atoms with Crippen molar-refractivity contribution in [1.82, 2.24) is 50.2 Å². The zero-order valence-corrected chi connectivity index (χ0v) is 83.6. The number of carbonyl (C=O) groups excluding carboxylic acids is 2. The molecule has 5 fully saturated rings. The summed E-state index contributed by atoms with van der Waals surface area (Å²) in [5.41, 5.74) is 16.9. The minimum absolute atomic E-state index is 0.0609. The quantitative estimate of drug-likeness (QED) is 0.00798. The molecule has 740 valence electrons. The second kappa shape index (κ2) is 47.9. The number of aromatic nitrogens is 10. The zero-order valence-electron chi connectivity index (χ0n) is 75.3. The molecule has 0 bridgehead atoms. The van der Waals surface area contributed by atoms with Gasteiger partial charge in [0, 0.05) is 106 Å². The lowest BCUT2D eigenvalue weighted by molar-refractivity contribution is -0.385. The first-order valence-electron chi connectivity index (χ1n) is 44.0. The van der Waals surface area contributed by atoms with Gasteiger partial charge < -0.3 is 44.9 Å². The van der Waals surface area contributed by atoms with Gasteiger partial charge in [-0.25, -0.2) is 14.0 Å². The lowest BCUT2D eigenvalue weighted by Gasteiger charge is -2.13. The Morgan fingerprint density at radius 1 is 0.414 bits per heavy atom. The number of hydrogen-bond donors (Lipinski definition) is 7. The molecule has 23 rings (SSSR count). The number of nitrogens with zero attached hydrogens (tertiary/aromatic N) is 10. The van der Waals surface area contributed by atoms with Crippen LogP contribution in [0.1, 0.15) is 137 Å². The highest BCUT2D eigenvalue weighted by atomic mass is 35.5. The Kier molecular flexibility index (Phi) is 34.9. The van der Waals surface area contributed by atoms with Gasteiger partial charge in [0.05, 0.1) is 100 Å². The van der Waals surface area contributed by atoms with Crippen molar-refractivity contribution in [3.8, 4) is 51.7 Å². The molecule has 145 heavy (non-hydrogen) atoms. The summed E-state index contributed by atoms with van der Waals surface area (Å²) in [6, 6.07) is 55.4. The van der Waals surface area contributed by atoms with Crippen LogP contribution in [0.4, 0.5) is 21.5 Å². The molecule has 0 aliphatic heterocycles. The van der Waals surface area contributed by atoms with E-state index in [4.69, 9.17) is 167 Å². The Bertz CT molecular complexity index is 7970. The van der Waals surface area contributed by atoms with Crippen molar-refractivity contribution >= 4 is 228 Å². The number of halogens is 12. The van der Waals surface area contributed by atoms with Crippen molar-refractivity contribution < 1.29 is 72.1 Å². The number of ketones is 1. The Balaban J connectivity index is 0.000000127. The number of fused-ring (bicyclic) bond motifs is 6. The molecule has 8 aromatic heterocycles. The number of hydrogen-bond acceptors (Lipinski definition) is 27. The third kappa shape index (κ3) is 28.3. The number of nitro groups is 2. The van der Waals surface area contributed by atoms with Gasteiger partial charge in [-0.3, -0.25) is 78.7 Å². The van der Waals surface area contributed by atoms with Crippen LogP contribution in [0.5, 0.6) is 51.7 Å². The van der Waals surface area contributed by atoms with Crippen molar-refractivity contribution in [1.29, 1.82) is 0 Å². The fraction of sp³-hybridized carbons (Fsp3) is 0.168. The van der Waals surface area contributed by atoms with E-state index in [1.807, 2.05) is 115 Å². The molecule has 0 radical (unpaired) electrons. The summed E-state index contributed by atoms with van der Waals surface area (Å²) < 4.78 is 43.8. The second-order valence-electron chi connectivity index (χ2n) is 33.1. The van der Waals surface area contributed by atoms with Gasteiger partial charge in [0.2, 0.25) is 17.4 Å². The number of aromatic hydroxyl groups is 2. The highest BCUT2D eigenvalue weighted by Crippen LogP contribution is 2.50. The van der Waals surface area contributed by atoms with Crippen molar-refractivity contribution in [2.75, 3.05) is 12.8 Å². The molecular formula is C101H76BCl11FN13O18. The van der Waals surface area contributed by atoms with Crippen molar-refractivity contribution in [2.24, 2.45) is 0 Å². The molecule has 18 aromatic rings. The van der Waals surface area contributed by atoms with Crippen LogP contribution in [0.25, 0.3) is 65.4 Å². The molecule has 8 heterocycles. The average molecular weight is 2180 g/mol. The SMILES string of the molecule is COc1ccc2nccc(Cl)c2c1.Nc1cc(Cl)c(Oc2ccc3nccc(C4CC4)c3c2)c(Cl)c1.O=C(Cc1cc(Cl)c(Oc2ccc3nccc(C4CC4)c3c2)c(Cl)c1)c1noc(=O)[nH]1.O=C(Cl)c1noc(=O)[nH]1.O=[N+]([O-])c1cc(Cl)c(F)c(Cl)c1.O=[N+]([O-])c1cc(Cl)c(Oc2ccc3nccc(C4CC4)c3c2)c(Cl)c1.OB(O)C1CC1.Oc1ccc2nccc(C3CC3)c2c1.Oc1ccc2nccc(Cl)c2c1. The molecule has 5 aliphatic rings. The Morgan fingerprint density at radius 2 is 0.717 bits per heavy atom. The number of methoxy groups -OCH3 is 1. The van der Waals surface area contributed by atoms with E-state index < -0.39 is 45.3 Å². The van der Waals surface area contributed by atoms with Crippen molar-refractivity contribution in [2.45, 2.75) is 100 Å². The number of carbonyl (C=O) groups is 2. The fourth-order valence-electron chi connectivity index (χ4n) is 14.7. The second-order valence-corrected chi connectivity index (χ2v) is 37.5. The lowest BCUT2D eigenvalue weighted by atomic mass is 9.84. The summed E-state index contributed by atoms with van der Waals surface area (Å²) in [5, 5.41) is 69.8. The van der Waals surface area contributed by atoms with Gasteiger partial charge >= 0.3 is 18.6 Å². The summed E-state index contributed by atoms with van der Waals surface area (Å²) >= 11 is 64.8. The van der Waals surface area contributed by atoms with E-state index in [1.54, 1.807) is 86.2 Å². The molecular weight excluding hydrogens is 2100 g/mol. The maximum Gasteiger partial charge on any atom is 0.454 e. The van der Waals surface area contributed by atoms with Gasteiger partial charge in [-0.1, -0.05) is 139 Å². The van der Waals surface area contributed by atoms with E-state index in [-0.39, 0.29) is 76.9 Å². The molecule has 0 unspecified atom stereocenters. The average Bonchev–Trinajstić information content (AvgIpc) is 1.64. The highest BCUT2D eigenvalue weighted by molar-refractivity contribution is 6.67. The number of nitrogens with one attached hydrogen (secondary N) is 2. The Labute approximate surface area is 876 Å². The van der Waals surface area contributed by atoms with Crippen LogP contribution < -0.4 is 36.2 Å². The van der Waals surface area contributed by atoms with E-state index in [2.05, 4.69) is 72.4 Å². The minimum Gasteiger partial charge on any atom is -0.508 e. The number of H-pyrrole nitrogens is 2. The number of rotatable bonds is 18. The maximum absolute atomic E-state index is 12.7. The molecule has 0 saturated heterocycles. The molecule has 0 amide bonds.